The molecule has 0 unspecified atom stereocenters. The van der Waals surface area contributed by atoms with Gasteiger partial charge in [0.05, 0.1) is 18.2 Å². The molecule has 0 spiro atoms. The fourth-order valence-electron chi connectivity index (χ4n) is 4.71. The van der Waals surface area contributed by atoms with Crippen LogP contribution in [0.2, 0.25) is 0 Å². The Morgan fingerprint density at radius 2 is 1.72 bits per heavy atom. The molecular formula is C29H40N2O5. The van der Waals surface area contributed by atoms with E-state index in [-0.39, 0.29) is 37.1 Å². The lowest BCUT2D eigenvalue weighted by molar-refractivity contribution is -0.147. The van der Waals surface area contributed by atoms with Crippen molar-refractivity contribution in [3.63, 3.8) is 0 Å². The van der Waals surface area contributed by atoms with Gasteiger partial charge >= 0.3 is 5.97 Å². The lowest BCUT2D eigenvalue weighted by Crippen LogP contribution is -2.39. The van der Waals surface area contributed by atoms with Crippen molar-refractivity contribution >= 4 is 17.6 Å². The molecule has 3 atom stereocenters. The van der Waals surface area contributed by atoms with Gasteiger partial charge in [0.15, 0.2) is 0 Å². The molecule has 1 aliphatic carbocycles. The zero-order valence-corrected chi connectivity index (χ0v) is 21.8. The summed E-state index contributed by atoms with van der Waals surface area (Å²) in [5.41, 5.74) is 3.04. The minimum absolute atomic E-state index is 0.0592. The third kappa shape index (κ3) is 7.98. The molecule has 1 amide bonds. The van der Waals surface area contributed by atoms with Crippen molar-refractivity contribution in [2.45, 2.75) is 84.1 Å². The summed E-state index contributed by atoms with van der Waals surface area (Å²) in [5.74, 6) is -0.390. The number of carboxylic acids is 1. The van der Waals surface area contributed by atoms with Crippen LogP contribution in [0.5, 0.6) is 5.75 Å². The molecule has 7 heteroatoms. The van der Waals surface area contributed by atoms with Crippen LogP contribution in [0.1, 0.15) is 70.4 Å². The molecule has 1 fully saturated rings. The molecule has 1 aliphatic rings. The number of anilines is 1. The number of hydrogen-bond acceptors (Lipinski definition) is 5. The number of rotatable bonds is 10. The molecule has 2 aromatic rings. The second kappa shape index (κ2) is 12.8. The Hall–Kier alpha value is -3.06. The van der Waals surface area contributed by atoms with Crippen molar-refractivity contribution in [3.05, 3.63) is 59.7 Å². The number of nitrogens with zero attached hydrogens (tertiary/aromatic N) is 1. The highest BCUT2D eigenvalue weighted by Gasteiger charge is 2.32. The van der Waals surface area contributed by atoms with E-state index >= 15 is 0 Å². The summed E-state index contributed by atoms with van der Waals surface area (Å²) >= 11 is 0. The third-order valence-electron chi connectivity index (χ3n) is 6.66. The number of nitrogens with one attached hydrogen (secondary N) is 1. The maximum atomic E-state index is 13.4. The maximum absolute atomic E-state index is 13.4. The molecule has 3 rings (SSSR count). The summed E-state index contributed by atoms with van der Waals surface area (Å²) < 4.78 is 5.67. The fourth-order valence-corrected chi connectivity index (χ4v) is 4.71. The largest absolute Gasteiger partial charge is 0.491 e. The van der Waals surface area contributed by atoms with Crippen molar-refractivity contribution in [3.8, 4) is 5.75 Å². The standard InChI is InChI=1S/C29H40N2O5/c1-19(2)23-6-5-7-24(16-23)30-26-14-10-22(11-15-27(26)32)29(35)31(18-28(33)34)17-21-8-12-25(13-9-21)36-20(3)4/h5-9,12-13,16,19-20,22,26-27,30,32H,10-11,14-15,17-18H2,1-4H3,(H,33,34)/t22-,26+,27+/m1/s1. The van der Waals surface area contributed by atoms with Crippen molar-refractivity contribution in [2.75, 3.05) is 11.9 Å². The number of carbonyl (C=O) groups excluding carboxylic acids is 1. The van der Waals surface area contributed by atoms with Gasteiger partial charge in [-0.2, -0.15) is 0 Å². The van der Waals surface area contributed by atoms with Crippen molar-refractivity contribution < 1.29 is 24.5 Å². The first-order chi connectivity index (χ1) is 17.1. The molecule has 7 nitrogen and oxygen atoms in total. The van der Waals surface area contributed by atoms with Gasteiger partial charge in [-0.3, -0.25) is 9.59 Å². The number of aliphatic carboxylic acids is 1. The van der Waals surface area contributed by atoms with Crippen LogP contribution in [0.4, 0.5) is 5.69 Å². The topological polar surface area (TPSA) is 99.1 Å². The second-order valence-electron chi connectivity index (χ2n) is 10.3. The first kappa shape index (κ1) is 27.5. The van der Waals surface area contributed by atoms with Gasteiger partial charge in [-0.1, -0.05) is 38.1 Å². The molecule has 0 bridgehead atoms. The van der Waals surface area contributed by atoms with Crippen LogP contribution in [0.3, 0.4) is 0 Å². The van der Waals surface area contributed by atoms with Crippen LogP contribution in [0.25, 0.3) is 0 Å². The molecular weight excluding hydrogens is 456 g/mol. The first-order valence-corrected chi connectivity index (χ1v) is 12.9. The smallest absolute Gasteiger partial charge is 0.323 e. The average Bonchev–Trinajstić information content (AvgIpc) is 3.00. The Bertz CT molecular complexity index is 1000. The Morgan fingerprint density at radius 1 is 1.03 bits per heavy atom. The van der Waals surface area contributed by atoms with Crippen LogP contribution in [-0.2, 0) is 16.1 Å². The van der Waals surface area contributed by atoms with E-state index < -0.39 is 12.1 Å². The maximum Gasteiger partial charge on any atom is 0.323 e. The van der Waals surface area contributed by atoms with Gasteiger partial charge in [0.25, 0.3) is 0 Å². The monoisotopic (exact) mass is 496 g/mol. The van der Waals surface area contributed by atoms with Gasteiger partial charge in [0.2, 0.25) is 5.91 Å². The summed E-state index contributed by atoms with van der Waals surface area (Å²) in [6.45, 7) is 8.06. The van der Waals surface area contributed by atoms with Gasteiger partial charge in [-0.15, -0.1) is 0 Å². The number of carboxylic acid groups (broad SMARTS) is 1. The van der Waals surface area contributed by atoms with E-state index in [0.29, 0.717) is 31.6 Å². The fraction of sp³-hybridized carbons (Fsp3) is 0.517. The predicted molar refractivity (Wildman–Crippen MR) is 141 cm³/mol. The van der Waals surface area contributed by atoms with Crippen LogP contribution < -0.4 is 10.1 Å². The van der Waals surface area contributed by atoms with Gasteiger partial charge in [-0.05, 0) is 80.8 Å². The second-order valence-corrected chi connectivity index (χ2v) is 10.3. The summed E-state index contributed by atoms with van der Waals surface area (Å²) in [7, 11) is 0. The molecule has 0 aliphatic heterocycles. The highest BCUT2D eigenvalue weighted by atomic mass is 16.5. The minimum atomic E-state index is -1.04. The van der Waals surface area contributed by atoms with E-state index in [9.17, 15) is 19.8 Å². The molecule has 36 heavy (non-hydrogen) atoms. The highest BCUT2D eigenvalue weighted by Crippen LogP contribution is 2.29. The first-order valence-electron chi connectivity index (χ1n) is 12.9. The van der Waals surface area contributed by atoms with Gasteiger partial charge in [0, 0.05) is 18.2 Å². The van der Waals surface area contributed by atoms with Crippen molar-refractivity contribution in [2.24, 2.45) is 5.92 Å². The number of benzene rings is 2. The number of carbonyl (C=O) groups is 2. The molecule has 0 heterocycles. The summed E-state index contributed by atoms with van der Waals surface area (Å²) in [6.07, 6.45) is 1.72. The van der Waals surface area contributed by atoms with E-state index in [1.54, 1.807) is 0 Å². The normalized spacial score (nSPS) is 20.1. The lowest BCUT2D eigenvalue weighted by atomic mass is 9.98. The molecule has 3 N–H and O–H groups in total. The molecule has 1 saturated carbocycles. The predicted octanol–water partition coefficient (Wildman–Crippen LogP) is 5.04. The average molecular weight is 497 g/mol. The number of aliphatic hydroxyl groups is 1. The van der Waals surface area contributed by atoms with Gasteiger partial charge < -0.3 is 25.2 Å². The van der Waals surface area contributed by atoms with Crippen molar-refractivity contribution in [1.29, 1.82) is 0 Å². The van der Waals surface area contributed by atoms with Crippen LogP contribution >= 0.6 is 0 Å². The van der Waals surface area contributed by atoms with E-state index in [4.69, 9.17) is 4.74 Å². The molecule has 2 aromatic carbocycles. The Balaban J connectivity index is 1.66. The Morgan fingerprint density at radius 3 is 2.36 bits per heavy atom. The van der Waals surface area contributed by atoms with E-state index in [2.05, 4.69) is 31.3 Å². The summed E-state index contributed by atoms with van der Waals surface area (Å²) in [6, 6.07) is 15.5. The number of hydrogen-bond donors (Lipinski definition) is 3. The van der Waals surface area contributed by atoms with Gasteiger partial charge in [-0.25, -0.2) is 0 Å². The molecule has 0 saturated heterocycles. The Kier molecular flexibility index (Phi) is 9.76. The Labute approximate surface area is 214 Å². The summed E-state index contributed by atoms with van der Waals surface area (Å²) in [5, 5.41) is 23.7. The van der Waals surface area contributed by atoms with E-state index in [0.717, 1.165) is 17.0 Å². The quantitative estimate of drug-likeness (QED) is 0.399. The van der Waals surface area contributed by atoms with E-state index in [1.807, 2.05) is 50.2 Å². The van der Waals surface area contributed by atoms with E-state index in [1.165, 1.54) is 10.5 Å². The third-order valence-corrected chi connectivity index (χ3v) is 6.66. The number of ether oxygens (including phenoxy) is 1. The molecule has 0 radical (unpaired) electrons. The van der Waals surface area contributed by atoms with Crippen LogP contribution in [-0.4, -0.2) is 51.8 Å². The van der Waals surface area contributed by atoms with Crippen LogP contribution in [0, 0.1) is 5.92 Å². The van der Waals surface area contributed by atoms with Crippen LogP contribution in [0.15, 0.2) is 48.5 Å². The molecule has 196 valence electrons. The van der Waals surface area contributed by atoms with Gasteiger partial charge in [0.1, 0.15) is 12.3 Å². The summed E-state index contributed by atoms with van der Waals surface area (Å²) in [4.78, 5) is 26.4. The molecule has 0 aromatic heterocycles. The zero-order valence-electron chi connectivity index (χ0n) is 21.8. The number of amides is 1. The van der Waals surface area contributed by atoms with Crippen molar-refractivity contribution in [1.82, 2.24) is 4.90 Å². The zero-order chi connectivity index (χ0) is 26.2. The SMILES string of the molecule is CC(C)Oc1ccc(CN(CC(=O)O)C(=O)[C@@H]2CC[C@H](Nc3cccc(C(C)C)c3)[C@@H](O)CC2)cc1. The number of aliphatic hydroxyl groups excluding tert-OH is 1. The minimum Gasteiger partial charge on any atom is -0.491 e. The highest BCUT2D eigenvalue weighted by molar-refractivity contribution is 5.83. The lowest BCUT2D eigenvalue weighted by Gasteiger charge is -2.26.